The summed E-state index contributed by atoms with van der Waals surface area (Å²) in [6.45, 7) is 3.88. The summed E-state index contributed by atoms with van der Waals surface area (Å²) in [4.78, 5) is 0. The Bertz CT molecular complexity index is 459. The molecule has 1 atom stereocenters. The third-order valence-corrected chi connectivity index (χ3v) is 2.31. The Kier molecular flexibility index (Phi) is 2.92. The number of aryl methyl sites for hydroxylation is 1. The highest BCUT2D eigenvalue weighted by molar-refractivity contribution is 5.31. The van der Waals surface area contributed by atoms with E-state index in [2.05, 4.69) is 10.2 Å². The molecule has 1 aromatic heterocycles. The predicted molar refractivity (Wildman–Crippen MR) is 62.4 cm³/mol. The summed E-state index contributed by atoms with van der Waals surface area (Å²) in [6, 6.07) is 9.59. The molecule has 0 bridgehead atoms. The zero-order chi connectivity index (χ0) is 11.5. The van der Waals surface area contributed by atoms with E-state index in [4.69, 9.17) is 10.5 Å². The molecule has 0 aliphatic heterocycles. The molecule has 4 heteroatoms. The van der Waals surface area contributed by atoms with Crippen LogP contribution in [0.1, 0.15) is 24.2 Å². The lowest BCUT2D eigenvalue weighted by Crippen LogP contribution is -2.04. The highest BCUT2D eigenvalue weighted by Gasteiger charge is 2.02. The van der Waals surface area contributed by atoms with E-state index in [0.29, 0.717) is 5.88 Å². The van der Waals surface area contributed by atoms with Crippen molar-refractivity contribution in [3.8, 4) is 11.6 Å². The molecule has 0 radical (unpaired) electrons. The van der Waals surface area contributed by atoms with Gasteiger partial charge >= 0.3 is 0 Å². The zero-order valence-electron chi connectivity index (χ0n) is 9.40. The molecule has 0 aliphatic carbocycles. The predicted octanol–water partition coefficient (Wildman–Crippen LogP) is 2.53. The Morgan fingerprint density at radius 2 is 2.00 bits per heavy atom. The summed E-state index contributed by atoms with van der Waals surface area (Å²) in [5, 5.41) is 6.82. The van der Waals surface area contributed by atoms with Gasteiger partial charge in [0.05, 0.1) is 0 Å². The van der Waals surface area contributed by atoms with Gasteiger partial charge in [-0.25, -0.2) is 0 Å². The van der Waals surface area contributed by atoms with E-state index in [1.165, 1.54) is 0 Å². The Hall–Kier alpha value is -1.81. The Labute approximate surface area is 94.4 Å². The van der Waals surface area contributed by atoms with Crippen molar-refractivity contribution in [3.63, 3.8) is 0 Å². The Balaban J connectivity index is 2.11. The van der Waals surface area contributed by atoms with Crippen molar-refractivity contribution >= 4 is 0 Å². The molecule has 0 aliphatic rings. The molecule has 0 saturated carbocycles. The van der Waals surface area contributed by atoms with Crippen LogP contribution >= 0.6 is 0 Å². The van der Waals surface area contributed by atoms with Crippen molar-refractivity contribution in [2.45, 2.75) is 19.9 Å². The molecular formula is C12H15N3O. The first kappa shape index (κ1) is 10.7. The van der Waals surface area contributed by atoms with E-state index in [9.17, 15) is 0 Å². The quantitative estimate of drug-likeness (QED) is 0.830. The van der Waals surface area contributed by atoms with E-state index < -0.39 is 0 Å². The minimum Gasteiger partial charge on any atom is -0.438 e. The van der Waals surface area contributed by atoms with Gasteiger partial charge in [-0.3, -0.25) is 5.10 Å². The van der Waals surface area contributed by atoms with Gasteiger partial charge in [-0.1, -0.05) is 12.1 Å². The first-order chi connectivity index (χ1) is 7.65. The number of rotatable bonds is 3. The number of H-pyrrole nitrogens is 1. The van der Waals surface area contributed by atoms with E-state index >= 15 is 0 Å². The van der Waals surface area contributed by atoms with Crippen molar-refractivity contribution < 1.29 is 4.74 Å². The van der Waals surface area contributed by atoms with Crippen LogP contribution in [0.2, 0.25) is 0 Å². The SMILES string of the molecule is Cc1cc(Oc2ccc([C@@H](C)N)cc2)n[nH]1. The lowest BCUT2D eigenvalue weighted by molar-refractivity contribution is 0.461. The van der Waals surface area contributed by atoms with Gasteiger partial charge in [0.2, 0.25) is 5.88 Å². The van der Waals surface area contributed by atoms with Gasteiger partial charge in [0.1, 0.15) is 5.75 Å². The van der Waals surface area contributed by atoms with E-state index in [-0.39, 0.29) is 6.04 Å². The van der Waals surface area contributed by atoms with E-state index in [1.54, 1.807) is 0 Å². The van der Waals surface area contributed by atoms with Gasteiger partial charge in [-0.05, 0) is 31.5 Å². The Morgan fingerprint density at radius 1 is 1.31 bits per heavy atom. The maximum absolute atomic E-state index is 5.76. The average Bonchev–Trinajstić information content (AvgIpc) is 2.65. The second kappa shape index (κ2) is 4.37. The minimum atomic E-state index is 0.0432. The summed E-state index contributed by atoms with van der Waals surface area (Å²) in [7, 11) is 0. The van der Waals surface area contributed by atoms with Crippen LogP contribution in [0.25, 0.3) is 0 Å². The maximum atomic E-state index is 5.76. The van der Waals surface area contributed by atoms with Crippen molar-refractivity contribution in [1.82, 2.24) is 10.2 Å². The number of aromatic nitrogens is 2. The molecule has 0 unspecified atom stereocenters. The molecule has 3 N–H and O–H groups in total. The zero-order valence-corrected chi connectivity index (χ0v) is 9.40. The van der Waals surface area contributed by atoms with E-state index in [0.717, 1.165) is 17.0 Å². The van der Waals surface area contributed by atoms with Crippen LogP contribution in [0.4, 0.5) is 0 Å². The summed E-state index contributed by atoms with van der Waals surface area (Å²) < 4.78 is 5.55. The van der Waals surface area contributed by atoms with E-state index in [1.807, 2.05) is 44.2 Å². The second-order valence-corrected chi connectivity index (χ2v) is 3.85. The molecule has 4 nitrogen and oxygen atoms in total. The summed E-state index contributed by atoms with van der Waals surface area (Å²) in [5.74, 6) is 1.34. The van der Waals surface area contributed by atoms with Crippen LogP contribution < -0.4 is 10.5 Å². The molecule has 1 heterocycles. The molecule has 1 aromatic carbocycles. The number of benzene rings is 1. The molecule has 0 saturated heterocycles. The molecular weight excluding hydrogens is 202 g/mol. The topological polar surface area (TPSA) is 63.9 Å². The smallest absolute Gasteiger partial charge is 0.238 e. The number of nitrogens with zero attached hydrogens (tertiary/aromatic N) is 1. The first-order valence-electron chi connectivity index (χ1n) is 5.20. The fraction of sp³-hybridized carbons (Fsp3) is 0.250. The molecule has 84 valence electrons. The van der Waals surface area contributed by atoms with Crippen molar-refractivity contribution in [2.75, 3.05) is 0 Å². The monoisotopic (exact) mass is 217 g/mol. The van der Waals surface area contributed by atoms with Crippen LogP contribution in [-0.4, -0.2) is 10.2 Å². The van der Waals surface area contributed by atoms with Gasteiger partial charge < -0.3 is 10.5 Å². The fourth-order valence-electron chi connectivity index (χ4n) is 1.41. The molecule has 0 fully saturated rings. The van der Waals surface area contributed by atoms with Crippen molar-refractivity contribution in [2.24, 2.45) is 5.73 Å². The van der Waals surface area contributed by atoms with Gasteiger partial charge in [0, 0.05) is 17.8 Å². The maximum Gasteiger partial charge on any atom is 0.238 e. The highest BCUT2D eigenvalue weighted by atomic mass is 16.5. The van der Waals surface area contributed by atoms with Gasteiger partial charge in [0.25, 0.3) is 0 Å². The fourth-order valence-corrected chi connectivity index (χ4v) is 1.41. The lowest BCUT2D eigenvalue weighted by Gasteiger charge is -2.06. The molecule has 0 spiro atoms. The highest BCUT2D eigenvalue weighted by Crippen LogP contribution is 2.21. The summed E-state index contributed by atoms with van der Waals surface area (Å²) >= 11 is 0. The number of nitrogens with two attached hydrogens (primary N) is 1. The van der Waals surface area contributed by atoms with Crippen LogP contribution in [0.5, 0.6) is 11.6 Å². The second-order valence-electron chi connectivity index (χ2n) is 3.85. The molecule has 16 heavy (non-hydrogen) atoms. The molecule has 2 aromatic rings. The summed E-state index contributed by atoms with van der Waals surface area (Å²) in [6.07, 6.45) is 0. The Morgan fingerprint density at radius 3 is 2.50 bits per heavy atom. The molecule has 2 rings (SSSR count). The van der Waals surface area contributed by atoms with Crippen LogP contribution in [-0.2, 0) is 0 Å². The third kappa shape index (κ3) is 2.41. The summed E-state index contributed by atoms with van der Waals surface area (Å²) in [5.41, 5.74) is 7.82. The number of ether oxygens (including phenoxy) is 1. The van der Waals surface area contributed by atoms with Crippen molar-refractivity contribution in [3.05, 3.63) is 41.6 Å². The van der Waals surface area contributed by atoms with Crippen LogP contribution in [0.15, 0.2) is 30.3 Å². The number of hydrogen-bond donors (Lipinski definition) is 2. The number of nitrogens with one attached hydrogen (secondary N) is 1. The van der Waals surface area contributed by atoms with Crippen LogP contribution in [0.3, 0.4) is 0 Å². The molecule has 0 amide bonds. The van der Waals surface area contributed by atoms with Crippen LogP contribution in [0, 0.1) is 6.92 Å². The standard InChI is InChI=1S/C12H15N3O/c1-8-7-12(15-14-8)16-11-5-3-10(4-6-11)9(2)13/h3-7,9H,13H2,1-2H3,(H,14,15)/t9-/m1/s1. The first-order valence-corrected chi connectivity index (χ1v) is 5.20. The van der Waals surface area contributed by atoms with Gasteiger partial charge in [-0.15, -0.1) is 5.10 Å². The van der Waals surface area contributed by atoms with Gasteiger partial charge in [-0.2, -0.15) is 0 Å². The lowest BCUT2D eigenvalue weighted by atomic mass is 10.1. The third-order valence-electron chi connectivity index (χ3n) is 2.31. The largest absolute Gasteiger partial charge is 0.438 e. The normalized spacial score (nSPS) is 12.4. The van der Waals surface area contributed by atoms with Crippen molar-refractivity contribution in [1.29, 1.82) is 0 Å². The van der Waals surface area contributed by atoms with Gasteiger partial charge in [0.15, 0.2) is 0 Å². The number of hydrogen-bond acceptors (Lipinski definition) is 3. The number of aromatic amines is 1. The minimum absolute atomic E-state index is 0.0432. The average molecular weight is 217 g/mol.